The lowest BCUT2D eigenvalue weighted by atomic mass is 10.1. The van der Waals surface area contributed by atoms with Crippen molar-refractivity contribution in [2.45, 2.75) is 13.1 Å². The van der Waals surface area contributed by atoms with Gasteiger partial charge in [0.05, 0.1) is 6.54 Å². The maximum atomic E-state index is 14.2. The van der Waals surface area contributed by atoms with Crippen molar-refractivity contribution in [3.63, 3.8) is 0 Å². The van der Waals surface area contributed by atoms with E-state index in [1.807, 2.05) is 47.2 Å². The van der Waals surface area contributed by atoms with Crippen LogP contribution in [0, 0.1) is 5.82 Å². The Morgan fingerprint density at radius 1 is 0.947 bits per heavy atom. The average molecular weight is 254 g/mol. The first-order valence-electron chi connectivity index (χ1n) is 6.30. The maximum absolute atomic E-state index is 14.2. The highest BCUT2D eigenvalue weighted by Gasteiger charge is 2.08. The van der Waals surface area contributed by atoms with Crippen molar-refractivity contribution in [1.82, 2.24) is 4.57 Å². The van der Waals surface area contributed by atoms with Gasteiger partial charge in [-0.2, -0.15) is 0 Å². The number of fused-ring (bicyclic) bond motifs is 1. The molecule has 0 spiro atoms. The minimum absolute atomic E-state index is 0.192. The first kappa shape index (κ1) is 11.9. The SMILES string of the molecule is NCc1cccc(Cn2ccc3ccccc32)c1F. The molecule has 1 heterocycles. The number of hydrogen-bond donors (Lipinski definition) is 1. The summed E-state index contributed by atoms with van der Waals surface area (Å²) in [6, 6.07) is 15.5. The van der Waals surface area contributed by atoms with E-state index in [1.165, 1.54) is 0 Å². The molecule has 0 fully saturated rings. The van der Waals surface area contributed by atoms with Gasteiger partial charge in [0.2, 0.25) is 0 Å². The largest absolute Gasteiger partial charge is 0.343 e. The number of hydrogen-bond acceptors (Lipinski definition) is 1. The van der Waals surface area contributed by atoms with Crippen LogP contribution in [-0.4, -0.2) is 4.57 Å². The third-order valence-electron chi connectivity index (χ3n) is 3.40. The molecule has 2 nitrogen and oxygen atoms in total. The second-order valence-corrected chi connectivity index (χ2v) is 4.60. The number of nitrogens with two attached hydrogens (primary N) is 1. The minimum Gasteiger partial charge on any atom is -0.343 e. The van der Waals surface area contributed by atoms with Gasteiger partial charge in [-0.05, 0) is 17.5 Å². The first-order valence-corrected chi connectivity index (χ1v) is 6.30. The molecule has 96 valence electrons. The van der Waals surface area contributed by atoms with Crippen molar-refractivity contribution in [1.29, 1.82) is 0 Å². The van der Waals surface area contributed by atoms with Gasteiger partial charge in [0, 0.05) is 29.4 Å². The number of halogens is 1. The summed E-state index contributed by atoms with van der Waals surface area (Å²) in [4.78, 5) is 0. The molecule has 3 aromatic rings. The van der Waals surface area contributed by atoms with E-state index in [1.54, 1.807) is 6.07 Å². The van der Waals surface area contributed by atoms with E-state index in [0.29, 0.717) is 17.7 Å². The van der Waals surface area contributed by atoms with E-state index < -0.39 is 0 Å². The predicted octanol–water partition coefficient (Wildman–Crippen LogP) is 3.29. The molecule has 0 radical (unpaired) electrons. The summed E-state index contributed by atoms with van der Waals surface area (Å²) in [5.74, 6) is -0.192. The minimum atomic E-state index is -0.192. The first-order chi connectivity index (χ1) is 9.29. The van der Waals surface area contributed by atoms with Gasteiger partial charge in [0.15, 0.2) is 0 Å². The van der Waals surface area contributed by atoms with Gasteiger partial charge in [0.25, 0.3) is 0 Å². The van der Waals surface area contributed by atoms with Crippen LogP contribution in [0.25, 0.3) is 10.9 Å². The molecule has 1 aromatic heterocycles. The molecule has 3 rings (SSSR count). The maximum Gasteiger partial charge on any atom is 0.132 e. The van der Waals surface area contributed by atoms with Crippen LogP contribution in [0.5, 0.6) is 0 Å². The molecule has 0 saturated carbocycles. The molecule has 2 N–H and O–H groups in total. The zero-order chi connectivity index (χ0) is 13.2. The Morgan fingerprint density at radius 3 is 2.58 bits per heavy atom. The molecular formula is C16H15FN2. The van der Waals surface area contributed by atoms with E-state index in [9.17, 15) is 4.39 Å². The van der Waals surface area contributed by atoms with E-state index in [2.05, 4.69) is 6.07 Å². The van der Waals surface area contributed by atoms with Crippen molar-refractivity contribution in [3.8, 4) is 0 Å². The van der Waals surface area contributed by atoms with E-state index in [0.717, 1.165) is 10.9 Å². The van der Waals surface area contributed by atoms with Gasteiger partial charge in [-0.25, -0.2) is 4.39 Å². The third kappa shape index (κ3) is 2.13. The van der Waals surface area contributed by atoms with Gasteiger partial charge in [-0.1, -0.05) is 36.4 Å². The highest BCUT2D eigenvalue weighted by atomic mass is 19.1. The van der Waals surface area contributed by atoms with Crippen molar-refractivity contribution in [2.24, 2.45) is 5.73 Å². The van der Waals surface area contributed by atoms with Crippen LogP contribution in [0.3, 0.4) is 0 Å². The van der Waals surface area contributed by atoms with E-state index >= 15 is 0 Å². The van der Waals surface area contributed by atoms with Crippen molar-refractivity contribution in [3.05, 3.63) is 71.7 Å². The Balaban J connectivity index is 2.02. The molecule has 0 saturated heterocycles. The summed E-state index contributed by atoms with van der Waals surface area (Å²) >= 11 is 0. The second kappa shape index (κ2) is 4.86. The summed E-state index contributed by atoms with van der Waals surface area (Å²) in [7, 11) is 0. The van der Waals surface area contributed by atoms with Gasteiger partial charge in [-0.3, -0.25) is 0 Å². The molecular weight excluding hydrogens is 239 g/mol. The summed E-state index contributed by atoms with van der Waals surface area (Å²) in [6.07, 6.45) is 1.99. The highest BCUT2D eigenvalue weighted by Crippen LogP contribution is 2.19. The molecule has 0 aliphatic carbocycles. The molecule has 0 aliphatic rings. The second-order valence-electron chi connectivity index (χ2n) is 4.60. The lowest BCUT2D eigenvalue weighted by Crippen LogP contribution is -2.06. The Kier molecular flexibility index (Phi) is 3.05. The van der Waals surface area contributed by atoms with E-state index in [4.69, 9.17) is 5.73 Å². The van der Waals surface area contributed by atoms with E-state index in [-0.39, 0.29) is 12.4 Å². The Hall–Kier alpha value is -2.13. The van der Waals surface area contributed by atoms with Gasteiger partial charge in [0.1, 0.15) is 5.82 Å². The molecule has 0 unspecified atom stereocenters. The molecule has 0 bridgehead atoms. The van der Waals surface area contributed by atoms with Crippen molar-refractivity contribution >= 4 is 10.9 Å². The molecule has 2 aromatic carbocycles. The smallest absolute Gasteiger partial charge is 0.132 e. The molecule has 19 heavy (non-hydrogen) atoms. The quantitative estimate of drug-likeness (QED) is 0.764. The lowest BCUT2D eigenvalue weighted by Gasteiger charge is -2.09. The number of benzene rings is 2. The van der Waals surface area contributed by atoms with Crippen LogP contribution in [0.15, 0.2) is 54.7 Å². The lowest BCUT2D eigenvalue weighted by molar-refractivity contribution is 0.586. The summed E-state index contributed by atoms with van der Waals surface area (Å²) in [5, 5.41) is 1.16. The van der Waals surface area contributed by atoms with Crippen LogP contribution in [0.1, 0.15) is 11.1 Å². The zero-order valence-corrected chi connectivity index (χ0v) is 10.5. The molecule has 0 amide bonds. The highest BCUT2D eigenvalue weighted by molar-refractivity contribution is 5.80. The summed E-state index contributed by atoms with van der Waals surface area (Å²) in [6.45, 7) is 0.749. The third-order valence-corrected chi connectivity index (χ3v) is 3.40. The van der Waals surface area contributed by atoms with Crippen LogP contribution in [0.2, 0.25) is 0 Å². The van der Waals surface area contributed by atoms with Crippen LogP contribution in [-0.2, 0) is 13.1 Å². The summed E-state index contributed by atoms with van der Waals surface area (Å²) in [5.41, 5.74) is 7.88. The Bertz CT molecular complexity index is 716. The molecule has 0 aliphatic heterocycles. The standard InChI is InChI=1S/C16H15FN2/c17-16-13(10-18)5-3-6-14(16)11-19-9-8-12-4-1-2-7-15(12)19/h1-9H,10-11,18H2. The van der Waals surface area contributed by atoms with Gasteiger partial charge >= 0.3 is 0 Å². The molecule has 0 atom stereocenters. The monoisotopic (exact) mass is 254 g/mol. The number of aromatic nitrogens is 1. The van der Waals surface area contributed by atoms with Gasteiger partial charge in [-0.15, -0.1) is 0 Å². The fourth-order valence-electron chi connectivity index (χ4n) is 2.37. The topological polar surface area (TPSA) is 30.9 Å². The van der Waals surface area contributed by atoms with Crippen molar-refractivity contribution < 1.29 is 4.39 Å². The Labute approximate surface area is 111 Å². The van der Waals surface area contributed by atoms with Crippen LogP contribution in [0.4, 0.5) is 4.39 Å². The number of para-hydroxylation sites is 1. The fraction of sp³-hybridized carbons (Fsp3) is 0.125. The number of rotatable bonds is 3. The average Bonchev–Trinajstić information content (AvgIpc) is 2.85. The molecule has 3 heteroatoms. The predicted molar refractivity (Wildman–Crippen MR) is 75.3 cm³/mol. The Morgan fingerprint density at radius 2 is 1.74 bits per heavy atom. The fourth-order valence-corrected chi connectivity index (χ4v) is 2.37. The zero-order valence-electron chi connectivity index (χ0n) is 10.5. The summed E-state index contributed by atoms with van der Waals surface area (Å²) < 4.78 is 16.2. The normalized spacial score (nSPS) is 11.1. The van der Waals surface area contributed by atoms with Gasteiger partial charge < -0.3 is 10.3 Å². The van der Waals surface area contributed by atoms with Crippen LogP contribution < -0.4 is 5.73 Å². The van der Waals surface area contributed by atoms with Crippen molar-refractivity contribution in [2.75, 3.05) is 0 Å². The van der Waals surface area contributed by atoms with Crippen LogP contribution >= 0.6 is 0 Å². The number of nitrogens with zero attached hydrogens (tertiary/aromatic N) is 1.